The van der Waals surface area contributed by atoms with E-state index in [0.29, 0.717) is 22.6 Å². The lowest BCUT2D eigenvalue weighted by atomic mass is 10.1. The fourth-order valence-electron chi connectivity index (χ4n) is 3.20. The fourth-order valence-corrected chi connectivity index (χ4v) is 3.20. The van der Waals surface area contributed by atoms with E-state index in [-0.39, 0.29) is 5.88 Å². The molecule has 5 aromatic rings. The molecule has 3 aromatic carbocycles. The number of hydrogen-bond donors (Lipinski definition) is 1. The van der Waals surface area contributed by atoms with Gasteiger partial charge in [-0.25, -0.2) is 13.8 Å². The van der Waals surface area contributed by atoms with Gasteiger partial charge < -0.3 is 10.1 Å². The third-order valence-corrected chi connectivity index (χ3v) is 4.60. The van der Waals surface area contributed by atoms with Gasteiger partial charge in [-0.3, -0.25) is 9.20 Å². The zero-order chi connectivity index (χ0) is 21.4. The van der Waals surface area contributed by atoms with Crippen molar-refractivity contribution in [1.82, 2.24) is 19.6 Å². The predicted molar refractivity (Wildman–Crippen MR) is 109 cm³/mol. The second-order valence-electron chi connectivity index (χ2n) is 6.61. The van der Waals surface area contributed by atoms with Crippen molar-refractivity contribution in [3.8, 4) is 11.6 Å². The normalized spacial score (nSPS) is 11.0. The second kappa shape index (κ2) is 7.45. The lowest BCUT2D eigenvalue weighted by Crippen LogP contribution is -2.15. The number of anilines is 1. The van der Waals surface area contributed by atoms with Crippen LogP contribution in [-0.4, -0.2) is 25.5 Å². The number of halogens is 2. The molecule has 31 heavy (non-hydrogen) atoms. The Hall–Kier alpha value is -4.40. The van der Waals surface area contributed by atoms with Crippen molar-refractivity contribution in [3.05, 3.63) is 90.3 Å². The number of ether oxygens (including phenoxy) is 1. The molecule has 0 unspecified atom stereocenters. The molecule has 0 fully saturated rings. The number of nitrogens with one attached hydrogen (secondary N) is 1. The van der Waals surface area contributed by atoms with E-state index in [4.69, 9.17) is 4.74 Å². The van der Waals surface area contributed by atoms with Crippen LogP contribution in [0, 0.1) is 11.6 Å². The zero-order valence-corrected chi connectivity index (χ0v) is 15.8. The Morgan fingerprint density at radius 3 is 2.58 bits per heavy atom. The van der Waals surface area contributed by atoms with Gasteiger partial charge in [-0.1, -0.05) is 24.3 Å². The number of nitrogens with zero attached hydrogens (tertiary/aromatic N) is 4. The summed E-state index contributed by atoms with van der Waals surface area (Å²) in [5, 5.41) is 10.5. The maximum Gasteiger partial charge on any atom is 0.266 e. The number of carbonyl (C=O) groups is 1. The number of rotatable bonds is 4. The van der Waals surface area contributed by atoms with E-state index in [1.54, 1.807) is 28.9 Å². The summed E-state index contributed by atoms with van der Waals surface area (Å²) in [7, 11) is 0. The Labute approximate surface area is 173 Å². The van der Waals surface area contributed by atoms with Crippen LogP contribution in [0.4, 0.5) is 14.5 Å². The second-order valence-corrected chi connectivity index (χ2v) is 6.61. The van der Waals surface area contributed by atoms with Crippen LogP contribution in [0.1, 0.15) is 10.4 Å². The third-order valence-electron chi connectivity index (χ3n) is 4.60. The van der Waals surface area contributed by atoms with Crippen molar-refractivity contribution in [2.45, 2.75) is 0 Å². The SMILES string of the molecule is O=C(Nc1cccc(Oc2nc3ccccc3n3cnnc23)c1)c1c(F)cccc1F. The molecule has 0 radical (unpaired) electrons. The summed E-state index contributed by atoms with van der Waals surface area (Å²) in [6, 6.07) is 17.1. The summed E-state index contributed by atoms with van der Waals surface area (Å²) in [4.78, 5) is 16.8. The van der Waals surface area contributed by atoms with Crippen LogP contribution in [0.5, 0.6) is 11.6 Å². The van der Waals surface area contributed by atoms with Crippen molar-refractivity contribution >= 4 is 28.3 Å². The summed E-state index contributed by atoms with van der Waals surface area (Å²) in [6.07, 6.45) is 1.56. The highest BCUT2D eigenvalue weighted by Gasteiger charge is 2.18. The average Bonchev–Trinajstić information content (AvgIpc) is 3.25. The third kappa shape index (κ3) is 3.42. The van der Waals surface area contributed by atoms with Crippen LogP contribution < -0.4 is 10.1 Å². The Morgan fingerprint density at radius 2 is 1.74 bits per heavy atom. The van der Waals surface area contributed by atoms with E-state index in [1.165, 1.54) is 12.1 Å². The van der Waals surface area contributed by atoms with E-state index < -0.39 is 23.1 Å². The molecule has 0 aliphatic heterocycles. The van der Waals surface area contributed by atoms with Crippen LogP contribution in [0.3, 0.4) is 0 Å². The summed E-state index contributed by atoms with van der Waals surface area (Å²) in [6.45, 7) is 0. The van der Waals surface area contributed by atoms with Crippen molar-refractivity contribution in [1.29, 1.82) is 0 Å². The van der Waals surface area contributed by atoms with Crippen LogP contribution in [0.15, 0.2) is 73.1 Å². The summed E-state index contributed by atoms with van der Waals surface area (Å²) in [5.41, 5.74) is 1.56. The zero-order valence-electron chi connectivity index (χ0n) is 15.8. The number of fused-ring (bicyclic) bond motifs is 3. The molecule has 0 spiro atoms. The van der Waals surface area contributed by atoms with Gasteiger partial charge in [0, 0.05) is 11.8 Å². The van der Waals surface area contributed by atoms with Crippen molar-refractivity contribution in [2.75, 3.05) is 5.32 Å². The highest BCUT2D eigenvalue weighted by molar-refractivity contribution is 6.04. The standard InChI is InChI=1S/C22H13F2N5O2/c23-15-7-4-8-16(24)19(15)21(30)26-13-5-3-6-14(11-13)31-22-20-28-25-12-29(20)18-10-2-1-9-17(18)27-22/h1-12H,(H,26,30). The molecule has 1 amide bonds. The van der Waals surface area contributed by atoms with E-state index >= 15 is 0 Å². The highest BCUT2D eigenvalue weighted by atomic mass is 19.1. The first-order valence-electron chi connectivity index (χ1n) is 9.22. The topological polar surface area (TPSA) is 81.4 Å². The molecule has 2 aromatic heterocycles. The molecule has 2 heterocycles. The molecule has 0 atom stereocenters. The number of hydrogen-bond acceptors (Lipinski definition) is 5. The van der Waals surface area contributed by atoms with E-state index in [1.807, 2.05) is 24.3 Å². The van der Waals surface area contributed by atoms with Crippen LogP contribution >= 0.6 is 0 Å². The Morgan fingerprint density at radius 1 is 0.968 bits per heavy atom. The van der Waals surface area contributed by atoms with Crippen molar-refractivity contribution < 1.29 is 18.3 Å². The number of para-hydroxylation sites is 2. The summed E-state index contributed by atoms with van der Waals surface area (Å²) in [5.74, 6) is -2.23. The van der Waals surface area contributed by atoms with Gasteiger partial charge in [0.1, 0.15) is 29.3 Å². The lowest BCUT2D eigenvalue weighted by molar-refractivity contribution is 0.101. The summed E-state index contributed by atoms with van der Waals surface area (Å²) < 4.78 is 35.4. The fraction of sp³-hybridized carbons (Fsp3) is 0. The van der Waals surface area contributed by atoms with Gasteiger partial charge in [0.25, 0.3) is 11.8 Å². The molecule has 152 valence electrons. The van der Waals surface area contributed by atoms with Gasteiger partial charge in [0.2, 0.25) is 5.65 Å². The number of carbonyl (C=O) groups excluding carboxylic acids is 1. The Bertz CT molecular complexity index is 1430. The molecule has 1 N–H and O–H groups in total. The monoisotopic (exact) mass is 417 g/mol. The molecule has 0 saturated carbocycles. The summed E-state index contributed by atoms with van der Waals surface area (Å²) >= 11 is 0. The molecular weight excluding hydrogens is 404 g/mol. The maximum atomic E-state index is 13.9. The van der Waals surface area contributed by atoms with Gasteiger partial charge >= 0.3 is 0 Å². The minimum Gasteiger partial charge on any atom is -0.436 e. The molecule has 5 rings (SSSR count). The number of benzene rings is 3. The molecule has 0 aliphatic carbocycles. The minimum atomic E-state index is -0.945. The Balaban J connectivity index is 1.46. The van der Waals surface area contributed by atoms with Gasteiger partial charge in [-0.05, 0) is 36.4 Å². The first-order chi connectivity index (χ1) is 15.1. The highest BCUT2D eigenvalue weighted by Crippen LogP contribution is 2.28. The lowest BCUT2D eigenvalue weighted by Gasteiger charge is -2.10. The molecule has 0 saturated heterocycles. The van der Waals surface area contributed by atoms with Crippen molar-refractivity contribution in [3.63, 3.8) is 0 Å². The number of amides is 1. The first kappa shape index (κ1) is 18.6. The number of aromatic nitrogens is 4. The van der Waals surface area contributed by atoms with Crippen molar-refractivity contribution in [2.24, 2.45) is 0 Å². The van der Waals surface area contributed by atoms with Crippen LogP contribution in [0.25, 0.3) is 16.7 Å². The maximum absolute atomic E-state index is 13.9. The van der Waals surface area contributed by atoms with E-state index in [2.05, 4.69) is 20.5 Å². The van der Waals surface area contributed by atoms with Gasteiger partial charge in [0.05, 0.1) is 11.0 Å². The van der Waals surface area contributed by atoms with Gasteiger partial charge in [0.15, 0.2) is 0 Å². The minimum absolute atomic E-state index is 0.222. The average molecular weight is 417 g/mol. The quantitative estimate of drug-likeness (QED) is 0.462. The van der Waals surface area contributed by atoms with Gasteiger partial charge in [-0.2, -0.15) is 0 Å². The van der Waals surface area contributed by atoms with E-state index in [0.717, 1.165) is 17.6 Å². The molecule has 0 aliphatic rings. The van der Waals surface area contributed by atoms with E-state index in [9.17, 15) is 13.6 Å². The predicted octanol–water partition coefficient (Wildman–Crippen LogP) is 4.60. The molecular formula is C22H13F2N5O2. The van der Waals surface area contributed by atoms with Crippen LogP contribution in [0.2, 0.25) is 0 Å². The molecule has 7 nitrogen and oxygen atoms in total. The molecule has 9 heteroatoms. The smallest absolute Gasteiger partial charge is 0.266 e. The molecule has 0 bridgehead atoms. The first-order valence-corrected chi connectivity index (χ1v) is 9.22. The van der Waals surface area contributed by atoms with Crippen LogP contribution in [-0.2, 0) is 0 Å². The Kier molecular flexibility index (Phi) is 4.47. The van der Waals surface area contributed by atoms with Gasteiger partial charge in [-0.15, -0.1) is 10.2 Å². The largest absolute Gasteiger partial charge is 0.436 e.